The molecule has 0 bridgehead atoms. The first-order valence-corrected chi connectivity index (χ1v) is 11.9. The Hall–Kier alpha value is -3.67. The summed E-state index contributed by atoms with van der Waals surface area (Å²) < 4.78 is 52.1. The van der Waals surface area contributed by atoms with Gasteiger partial charge in [0, 0.05) is 38.3 Å². The summed E-state index contributed by atoms with van der Waals surface area (Å²) in [6.07, 6.45) is -3.36. The van der Waals surface area contributed by atoms with Crippen LogP contribution in [0.2, 0.25) is 0 Å². The molecule has 37 heavy (non-hydrogen) atoms. The molecule has 1 amide bonds. The van der Waals surface area contributed by atoms with Gasteiger partial charge in [0.15, 0.2) is 29.5 Å². The minimum Gasteiger partial charge on any atom is -0.481 e. The van der Waals surface area contributed by atoms with E-state index in [4.69, 9.17) is 9.47 Å². The van der Waals surface area contributed by atoms with Crippen molar-refractivity contribution in [3.8, 4) is 5.75 Å². The van der Waals surface area contributed by atoms with Gasteiger partial charge in [-0.15, -0.1) is 0 Å². The SMILES string of the molecule is CCc1nc2c(c(OCC(F)(F)F)c(C(=O)NC3CCOCC3)n2C)c(=O)n1CC(=O)c1ccccc1. The van der Waals surface area contributed by atoms with Crippen LogP contribution < -0.4 is 15.6 Å². The number of ketones is 1. The van der Waals surface area contributed by atoms with E-state index in [0.29, 0.717) is 31.6 Å². The number of alkyl halides is 3. The molecule has 1 aliphatic rings. The third-order valence-corrected chi connectivity index (χ3v) is 6.19. The summed E-state index contributed by atoms with van der Waals surface area (Å²) in [6, 6.07) is 8.07. The number of amides is 1. The fourth-order valence-electron chi connectivity index (χ4n) is 4.34. The van der Waals surface area contributed by atoms with Crippen LogP contribution in [0.15, 0.2) is 35.1 Å². The number of hydrogen-bond acceptors (Lipinski definition) is 6. The molecular formula is C25H27F3N4O5. The molecule has 1 aliphatic heterocycles. The number of aryl methyl sites for hydroxylation is 2. The number of carbonyl (C=O) groups excluding carboxylic acids is 2. The number of ether oxygens (including phenoxy) is 2. The Labute approximate surface area is 210 Å². The quantitative estimate of drug-likeness (QED) is 0.458. The average Bonchev–Trinajstić information content (AvgIpc) is 3.16. The van der Waals surface area contributed by atoms with Gasteiger partial charge in [-0.3, -0.25) is 19.0 Å². The first-order chi connectivity index (χ1) is 17.6. The number of nitrogens with zero attached hydrogens (tertiary/aromatic N) is 3. The van der Waals surface area contributed by atoms with E-state index >= 15 is 0 Å². The van der Waals surface area contributed by atoms with Crippen molar-refractivity contribution in [2.24, 2.45) is 7.05 Å². The van der Waals surface area contributed by atoms with Crippen LogP contribution in [0.4, 0.5) is 13.2 Å². The van der Waals surface area contributed by atoms with Crippen molar-refractivity contribution in [3.63, 3.8) is 0 Å². The zero-order chi connectivity index (χ0) is 26.7. The Bertz CT molecular complexity index is 1360. The molecule has 0 aliphatic carbocycles. The van der Waals surface area contributed by atoms with Gasteiger partial charge in [0.25, 0.3) is 11.5 Å². The molecule has 0 radical (unpaired) electrons. The van der Waals surface area contributed by atoms with Gasteiger partial charge < -0.3 is 19.4 Å². The molecular weight excluding hydrogens is 493 g/mol. The van der Waals surface area contributed by atoms with Crippen molar-refractivity contribution in [3.05, 3.63) is 57.8 Å². The average molecular weight is 521 g/mol. The zero-order valence-corrected chi connectivity index (χ0v) is 20.4. The summed E-state index contributed by atoms with van der Waals surface area (Å²) in [6.45, 7) is 0.547. The molecule has 1 fully saturated rings. The van der Waals surface area contributed by atoms with Crippen molar-refractivity contribution in [2.45, 2.75) is 44.9 Å². The molecule has 3 aromatic rings. The van der Waals surface area contributed by atoms with E-state index in [2.05, 4.69) is 10.3 Å². The summed E-state index contributed by atoms with van der Waals surface area (Å²) in [5.41, 5.74) is -0.636. The number of aromatic nitrogens is 3. The molecule has 0 spiro atoms. The number of Topliss-reactive ketones (excluding diaryl/α,β-unsaturated/α-hetero) is 1. The standard InChI is InChI=1S/C25H27F3N4O5/c1-3-18-30-22-19(24(35)32(18)13-17(33)15-7-5-4-6-8-15)21(37-14-25(26,27)28)20(31(22)2)23(34)29-16-9-11-36-12-10-16/h4-8,16H,3,9-14H2,1-2H3,(H,29,34). The Kier molecular flexibility index (Phi) is 7.67. The van der Waals surface area contributed by atoms with E-state index in [1.807, 2.05) is 0 Å². The van der Waals surface area contributed by atoms with Crippen molar-refractivity contribution in [1.82, 2.24) is 19.4 Å². The van der Waals surface area contributed by atoms with Crippen LogP contribution in [0, 0.1) is 0 Å². The first-order valence-electron chi connectivity index (χ1n) is 11.9. The Morgan fingerprint density at radius 2 is 1.86 bits per heavy atom. The van der Waals surface area contributed by atoms with Crippen LogP contribution >= 0.6 is 0 Å². The minimum absolute atomic E-state index is 0.000405. The molecule has 0 unspecified atom stereocenters. The number of hydrogen-bond donors (Lipinski definition) is 1. The molecule has 1 saturated heterocycles. The smallest absolute Gasteiger partial charge is 0.422 e. The molecule has 0 saturated carbocycles. The van der Waals surface area contributed by atoms with Gasteiger partial charge in [0.05, 0.1) is 6.54 Å². The van der Waals surface area contributed by atoms with E-state index in [1.54, 1.807) is 37.3 Å². The second-order valence-electron chi connectivity index (χ2n) is 8.76. The second-order valence-corrected chi connectivity index (χ2v) is 8.76. The maximum absolute atomic E-state index is 13.6. The lowest BCUT2D eigenvalue weighted by Crippen LogP contribution is -2.39. The summed E-state index contributed by atoms with van der Waals surface area (Å²) in [5, 5.41) is 2.51. The van der Waals surface area contributed by atoms with Gasteiger partial charge in [-0.2, -0.15) is 13.2 Å². The summed E-state index contributed by atoms with van der Waals surface area (Å²) in [4.78, 5) is 44.2. The Morgan fingerprint density at radius 1 is 1.19 bits per heavy atom. The maximum atomic E-state index is 13.6. The largest absolute Gasteiger partial charge is 0.481 e. The van der Waals surface area contributed by atoms with Crippen molar-refractivity contribution in [1.29, 1.82) is 0 Å². The molecule has 4 rings (SSSR count). The molecule has 3 heterocycles. The molecule has 0 atom stereocenters. The van der Waals surface area contributed by atoms with E-state index in [0.717, 1.165) is 4.57 Å². The Morgan fingerprint density at radius 3 is 2.49 bits per heavy atom. The summed E-state index contributed by atoms with van der Waals surface area (Å²) >= 11 is 0. The highest BCUT2D eigenvalue weighted by molar-refractivity contribution is 6.03. The van der Waals surface area contributed by atoms with Crippen LogP contribution in [-0.4, -0.2) is 57.8 Å². The number of nitrogens with one attached hydrogen (secondary N) is 1. The van der Waals surface area contributed by atoms with E-state index in [-0.39, 0.29) is 47.3 Å². The highest BCUT2D eigenvalue weighted by Crippen LogP contribution is 2.31. The van der Waals surface area contributed by atoms with Crippen LogP contribution in [0.25, 0.3) is 11.0 Å². The fourth-order valence-corrected chi connectivity index (χ4v) is 4.34. The predicted molar refractivity (Wildman–Crippen MR) is 128 cm³/mol. The van der Waals surface area contributed by atoms with Gasteiger partial charge in [0.2, 0.25) is 0 Å². The van der Waals surface area contributed by atoms with E-state index in [1.165, 1.54) is 11.6 Å². The van der Waals surface area contributed by atoms with Gasteiger partial charge in [-0.1, -0.05) is 37.3 Å². The highest BCUT2D eigenvalue weighted by atomic mass is 19.4. The molecule has 1 aromatic carbocycles. The van der Waals surface area contributed by atoms with Gasteiger partial charge in [-0.05, 0) is 12.8 Å². The molecule has 198 valence electrons. The molecule has 9 nitrogen and oxygen atoms in total. The van der Waals surface area contributed by atoms with Crippen LogP contribution in [-0.2, 0) is 24.8 Å². The number of fused-ring (bicyclic) bond motifs is 1. The lowest BCUT2D eigenvalue weighted by atomic mass is 10.1. The number of benzene rings is 1. The number of rotatable bonds is 8. The highest BCUT2D eigenvalue weighted by Gasteiger charge is 2.34. The van der Waals surface area contributed by atoms with Gasteiger partial charge in [0.1, 0.15) is 11.2 Å². The first kappa shape index (κ1) is 26.4. The maximum Gasteiger partial charge on any atom is 0.422 e. The lowest BCUT2D eigenvalue weighted by Gasteiger charge is -2.23. The van der Waals surface area contributed by atoms with Crippen molar-refractivity contribution >= 4 is 22.7 Å². The van der Waals surface area contributed by atoms with Gasteiger partial charge in [-0.25, -0.2) is 4.98 Å². The second kappa shape index (κ2) is 10.8. The van der Waals surface area contributed by atoms with E-state index in [9.17, 15) is 27.6 Å². The fraction of sp³-hybridized carbons (Fsp3) is 0.440. The van der Waals surface area contributed by atoms with Gasteiger partial charge >= 0.3 is 6.18 Å². The van der Waals surface area contributed by atoms with E-state index < -0.39 is 30.0 Å². The van der Waals surface area contributed by atoms with Crippen molar-refractivity contribution in [2.75, 3.05) is 19.8 Å². The summed E-state index contributed by atoms with van der Waals surface area (Å²) in [7, 11) is 1.44. The van der Waals surface area contributed by atoms with Crippen molar-refractivity contribution < 1.29 is 32.2 Å². The number of halogens is 3. The normalized spacial score (nSPS) is 14.6. The Balaban J connectivity index is 1.84. The lowest BCUT2D eigenvalue weighted by molar-refractivity contribution is -0.153. The third kappa shape index (κ3) is 5.68. The molecule has 12 heteroatoms. The summed E-state index contributed by atoms with van der Waals surface area (Å²) in [5.74, 6) is -1.32. The monoisotopic (exact) mass is 520 g/mol. The van der Waals surface area contributed by atoms with Crippen LogP contribution in [0.5, 0.6) is 5.75 Å². The zero-order valence-electron chi connectivity index (χ0n) is 20.4. The molecule has 2 aromatic heterocycles. The topological polar surface area (TPSA) is 104 Å². The van der Waals surface area contributed by atoms with Crippen LogP contribution in [0.3, 0.4) is 0 Å². The molecule has 1 N–H and O–H groups in total. The van der Waals surface area contributed by atoms with Crippen LogP contribution in [0.1, 0.15) is 46.4 Å². The minimum atomic E-state index is -4.71. The number of carbonyl (C=O) groups is 2. The predicted octanol–water partition coefficient (Wildman–Crippen LogP) is 3.03. The third-order valence-electron chi connectivity index (χ3n) is 6.19.